The number of hydrogen-bond acceptors (Lipinski definition) is 6. The fourth-order valence-corrected chi connectivity index (χ4v) is 5.53. The molecule has 1 aliphatic rings. The fourth-order valence-electron chi connectivity index (χ4n) is 3.58. The number of amides is 1. The van der Waals surface area contributed by atoms with E-state index in [4.69, 9.17) is 4.42 Å². The smallest absolute Gasteiger partial charge is 0.257 e. The van der Waals surface area contributed by atoms with Crippen molar-refractivity contribution in [1.29, 1.82) is 0 Å². The van der Waals surface area contributed by atoms with Gasteiger partial charge < -0.3 is 9.32 Å². The Hall–Kier alpha value is -2.36. The van der Waals surface area contributed by atoms with E-state index < -0.39 is 15.3 Å². The lowest BCUT2D eigenvalue weighted by Crippen LogP contribution is -2.38. The van der Waals surface area contributed by atoms with Gasteiger partial charge in [0, 0.05) is 27.2 Å². The molecule has 1 aliphatic heterocycles. The molecule has 0 bridgehead atoms. The monoisotopic (exact) mass is 459 g/mol. The van der Waals surface area contributed by atoms with E-state index in [1.807, 2.05) is 35.2 Å². The molecule has 0 aliphatic carbocycles. The summed E-state index contributed by atoms with van der Waals surface area (Å²) in [6, 6.07) is 14.2. The molecule has 0 N–H and O–H groups in total. The minimum Gasteiger partial charge on any atom is -0.431 e. The summed E-state index contributed by atoms with van der Waals surface area (Å²) in [5.41, 5.74) is 1.82. The number of carbonyl (C=O) groups excluding carboxylic acids is 1. The van der Waals surface area contributed by atoms with Crippen molar-refractivity contribution >= 4 is 38.8 Å². The SMILES string of the molecule is CN(C)S(=O)(=O)c1ccc2oc(SC(C(=O)N3CCCCC3)c3ccccc3)nc2c1. The fraction of sp³-hybridized carbons (Fsp3) is 0.364. The van der Waals surface area contributed by atoms with E-state index in [9.17, 15) is 13.2 Å². The second kappa shape index (κ2) is 9.02. The maximum absolute atomic E-state index is 13.3. The molecule has 7 nitrogen and oxygen atoms in total. The zero-order chi connectivity index (χ0) is 22.0. The summed E-state index contributed by atoms with van der Waals surface area (Å²) < 4.78 is 31.9. The molecular formula is C22H25N3O4S2. The summed E-state index contributed by atoms with van der Waals surface area (Å²) >= 11 is 1.26. The molecule has 1 atom stereocenters. The highest BCUT2D eigenvalue weighted by atomic mass is 32.2. The topological polar surface area (TPSA) is 83.7 Å². The van der Waals surface area contributed by atoms with E-state index >= 15 is 0 Å². The van der Waals surface area contributed by atoms with Gasteiger partial charge in [-0.15, -0.1) is 0 Å². The minimum absolute atomic E-state index is 0.0500. The maximum atomic E-state index is 13.3. The lowest BCUT2D eigenvalue weighted by Gasteiger charge is -2.30. The molecule has 1 saturated heterocycles. The third-order valence-corrected chi connectivity index (χ3v) is 8.23. The van der Waals surface area contributed by atoms with Crippen LogP contribution in [0.25, 0.3) is 11.1 Å². The first-order valence-corrected chi connectivity index (χ1v) is 12.5. The van der Waals surface area contributed by atoms with Crippen molar-refractivity contribution in [3.05, 3.63) is 54.1 Å². The van der Waals surface area contributed by atoms with Crippen LogP contribution < -0.4 is 0 Å². The van der Waals surface area contributed by atoms with E-state index in [1.165, 1.54) is 38.0 Å². The van der Waals surface area contributed by atoms with Crippen LogP contribution in [-0.2, 0) is 14.8 Å². The van der Waals surface area contributed by atoms with E-state index in [0.29, 0.717) is 16.3 Å². The molecule has 1 amide bonds. The van der Waals surface area contributed by atoms with Gasteiger partial charge in [-0.05, 0) is 54.8 Å². The van der Waals surface area contributed by atoms with Gasteiger partial charge >= 0.3 is 0 Å². The van der Waals surface area contributed by atoms with Crippen molar-refractivity contribution in [3.63, 3.8) is 0 Å². The molecule has 164 valence electrons. The van der Waals surface area contributed by atoms with Gasteiger partial charge in [-0.1, -0.05) is 30.3 Å². The first-order valence-electron chi connectivity index (χ1n) is 10.2. The molecule has 0 saturated carbocycles. The molecule has 1 aromatic heterocycles. The molecular weight excluding hydrogens is 434 g/mol. The van der Waals surface area contributed by atoms with Gasteiger partial charge in [0.05, 0.1) is 4.90 Å². The molecule has 4 rings (SSSR count). The summed E-state index contributed by atoms with van der Waals surface area (Å²) in [4.78, 5) is 19.9. The maximum Gasteiger partial charge on any atom is 0.257 e. The lowest BCUT2D eigenvalue weighted by atomic mass is 10.1. The molecule has 31 heavy (non-hydrogen) atoms. The zero-order valence-corrected chi connectivity index (χ0v) is 19.2. The lowest BCUT2D eigenvalue weighted by molar-refractivity contribution is -0.131. The molecule has 2 aromatic carbocycles. The van der Waals surface area contributed by atoms with Crippen molar-refractivity contribution < 1.29 is 17.6 Å². The molecule has 1 fully saturated rings. The number of benzene rings is 2. The summed E-state index contributed by atoms with van der Waals surface area (Å²) in [5.74, 6) is 0.0500. The second-order valence-corrected chi connectivity index (χ2v) is 10.9. The van der Waals surface area contributed by atoms with Gasteiger partial charge in [-0.3, -0.25) is 4.79 Å². The number of oxazole rings is 1. The van der Waals surface area contributed by atoms with Gasteiger partial charge in [-0.25, -0.2) is 17.7 Å². The van der Waals surface area contributed by atoms with Gasteiger partial charge in [0.15, 0.2) is 5.58 Å². The standard InChI is InChI=1S/C22H25N3O4S2/c1-24(2)31(27,28)17-11-12-19-18(15-17)23-22(29-19)30-20(16-9-5-3-6-10-16)21(26)25-13-7-4-8-14-25/h3,5-6,9-12,15,20H,4,7-8,13-14H2,1-2H3. The highest BCUT2D eigenvalue weighted by Gasteiger charge is 2.30. The van der Waals surface area contributed by atoms with E-state index in [2.05, 4.69) is 4.98 Å². The number of nitrogens with zero attached hydrogens (tertiary/aromatic N) is 3. The zero-order valence-electron chi connectivity index (χ0n) is 17.5. The summed E-state index contributed by atoms with van der Waals surface area (Å²) in [6.45, 7) is 1.53. The number of fused-ring (bicyclic) bond motifs is 1. The summed E-state index contributed by atoms with van der Waals surface area (Å²) in [7, 11) is -0.596. The number of rotatable bonds is 6. The molecule has 0 spiro atoms. The van der Waals surface area contributed by atoms with Crippen LogP contribution in [0.4, 0.5) is 0 Å². The van der Waals surface area contributed by atoms with Gasteiger partial charge in [0.25, 0.3) is 5.22 Å². The van der Waals surface area contributed by atoms with Crippen LogP contribution in [0.5, 0.6) is 0 Å². The van der Waals surface area contributed by atoms with Gasteiger partial charge in [0.2, 0.25) is 15.9 Å². The van der Waals surface area contributed by atoms with Gasteiger partial charge in [-0.2, -0.15) is 0 Å². The number of hydrogen-bond donors (Lipinski definition) is 0. The van der Waals surface area contributed by atoms with Crippen LogP contribution in [-0.4, -0.2) is 55.7 Å². The van der Waals surface area contributed by atoms with Crippen LogP contribution in [0.1, 0.15) is 30.1 Å². The summed E-state index contributed by atoms with van der Waals surface area (Å²) in [5, 5.41) is -0.133. The highest BCUT2D eigenvalue weighted by Crippen LogP contribution is 2.38. The quantitative estimate of drug-likeness (QED) is 0.520. The average Bonchev–Trinajstić information content (AvgIpc) is 3.20. The third kappa shape index (κ3) is 4.63. The third-order valence-electron chi connectivity index (χ3n) is 5.33. The highest BCUT2D eigenvalue weighted by molar-refractivity contribution is 8.00. The Labute approximate surface area is 186 Å². The number of aromatic nitrogens is 1. The average molecular weight is 460 g/mol. The molecule has 2 heterocycles. The molecule has 3 aromatic rings. The Bertz CT molecular complexity index is 1170. The Balaban J connectivity index is 1.65. The number of carbonyl (C=O) groups is 1. The number of sulfonamides is 1. The van der Waals surface area contributed by atoms with Crippen molar-refractivity contribution in [2.24, 2.45) is 0 Å². The van der Waals surface area contributed by atoms with Crippen LogP contribution in [0.3, 0.4) is 0 Å². The Morgan fingerprint density at radius 3 is 2.48 bits per heavy atom. The van der Waals surface area contributed by atoms with Gasteiger partial charge in [0.1, 0.15) is 10.8 Å². The Kier molecular flexibility index (Phi) is 6.36. The van der Waals surface area contributed by atoms with Crippen LogP contribution >= 0.6 is 11.8 Å². The summed E-state index contributed by atoms with van der Waals surface area (Å²) in [6.07, 6.45) is 3.18. The van der Waals surface area contributed by atoms with Crippen molar-refractivity contribution in [3.8, 4) is 0 Å². The number of likely N-dealkylation sites (tertiary alicyclic amines) is 1. The second-order valence-electron chi connectivity index (χ2n) is 7.69. The molecule has 1 unspecified atom stereocenters. The molecule has 9 heteroatoms. The predicted octanol–water partition coefficient (Wildman–Crippen LogP) is 3.92. The van der Waals surface area contributed by atoms with Crippen molar-refractivity contribution in [1.82, 2.24) is 14.2 Å². The van der Waals surface area contributed by atoms with Crippen LogP contribution in [0, 0.1) is 0 Å². The minimum atomic E-state index is -3.57. The van der Waals surface area contributed by atoms with Crippen molar-refractivity contribution in [2.75, 3.05) is 27.2 Å². The normalized spacial score (nSPS) is 16.0. The van der Waals surface area contributed by atoms with E-state index in [1.54, 1.807) is 6.07 Å². The Morgan fingerprint density at radius 1 is 1.10 bits per heavy atom. The van der Waals surface area contributed by atoms with E-state index in [-0.39, 0.29) is 10.8 Å². The molecule has 0 radical (unpaired) electrons. The first-order chi connectivity index (χ1) is 14.9. The van der Waals surface area contributed by atoms with Crippen LogP contribution in [0.2, 0.25) is 0 Å². The first kappa shape index (κ1) is 21.9. The van der Waals surface area contributed by atoms with Crippen LogP contribution in [0.15, 0.2) is 63.1 Å². The number of piperidine rings is 1. The number of thioether (sulfide) groups is 1. The van der Waals surface area contributed by atoms with E-state index in [0.717, 1.165) is 42.2 Å². The Morgan fingerprint density at radius 2 is 1.81 bits per heavy atom. The predicted molar refractivity (Wildman–Crippen MR) is 120 cm³/mol. The largest absolute Gasteiger partial charge is 0.431 e. The van der Waals surface area contributed by atoms with Crippen molar-refractivity contribution in [2.45, 2.75) is 34.6 Å².